The first kappa shape index (κ1) is 15.0. The Morgan fingerprint density at radius 1 is 1.38 bits per heavy atom. The molecule has 0 unspecified atom stereocenters. The molecular formula is C14H14N2O4S. The number of carbonyl (C=O) groups is 2. The van der Waals surface area contributed by atoms with Crippen LogP contribution >= 0.6 is 11.3 Å². The Morgan fingerprint density at radius 2 is 2.14 bits per heavy atom. The smallest absolute Gasteiger partial charge is 0.335 e. The maximum atomic E-state index is 12.2. The van der Waals surface area contributed by atoms with Crippen LogP contribution in [-0.2, 0) is 4.79 Å². The summed E-state index contributed by atoms with van der Waals surface area (Å²) in [4.78, 5) is 27.1. The third-order valence-corrected chi connectivity index (χ3v) is 3.34. The highest BCUT2D eigenvalue weighted by Crippen LogP contribution is 2.22. The lowest BCUT2D eigenvalue weighted by Gasteiger charge is -2.24. The van der Waals surface area contributed by atoms with Crippen molar-refractivity contribution >= 4 is 28.3 Å². The van der Waals surface area contributed by atoms with Gasteiger partial charge in [0.15, 0.2) is 10.7 Å². The van der Waals surface area contributed by atoms with Gasteiger partial charge < -0.3 is 9.84 Å². The van der Waals surface area contributed by atoms with Crippen LogP contribution in [0.5, 0.6) is 5.75 Å². The van der Waals surface area contributed by atoms with Crippen molar-refractivity contribution in [3.63, 3.8) is 0 Å². The summed E-state index contributed by atoms with van der Waals surface area (Å²) in [6.07, 6.45) is 1.59. The quantitative estimate of drug-likeness (QED) is 0.886. The molecule has 0 aliphatic carbocycles. The number of hydrogen-bond acceptors (Lipinski definition) is 5. The van der Waals surface area contributed by atoms with Gasteiger partial charge >= 0.3 is 5.97 Å². The van der Waals surface area contributed by atoms with Gasteiger partial charge in [-0.1, -0.05) is 6.07 Å². The van der Waals surface area contributed by atoms with E-state index in [-0.39, 0.29) is 11.5 Å². The molecule has 0 fully saturated rings. The normalized spacial score (nSPS) is 11.0. The Labute approximate surface area is 125 Å². The maximum absolute atomic E-state index is 12.2. The monoisotopic (exact) mass is 306 g/mol. The van der Waals surface area contributed by atoms with E-state index >= 15 is 0 Å². The van der Waals surface area contributed by atoms with Crippen LogP contribution in [0, 0.1) is 0 Å². The van der Waals surface area contributed by atoms with Gasteiger partial charge in [-0.3, -0.25) is 10.1 Å². The molecule has 0 bridgehead atoms. The van der Waals surface area contributed by atoms with Crippen LogP contribution in [0.2, 0.25) is 0 Å². The molecule has 1 aromatic heterocycles. The number of nitrogens with zero attached hydrogens (tertiary/aromatic N) is 1. The first-order valence-corrected chi connectivity index (χ1v) is 7.00. The van der Waals surface area contributed by atoms with Crippen molar-refractivity contribution in [2.75, 3.05) is 5.32 Å². The summed E-state index contributed by atoms with van der Waals surface area (Å²) in [7, 11) is 0. The lowest BCUT2D eigenvalue weighted by molar-refractivity contribution is -0.128. The number of carboxylic acids is 1. The van der Waals surface area contributed by atoms with Crippen molar-refractivity contribution in [3.05, 3.63) is 41.4 Å². The van der Waals surface area contributed by atoms with E-state index in [1.165, 1.54) is 23.5 Å². The second-order valence-electron chi connectivity index (χ2n) is 4.74. The van der Waals surface area contributed by atoms with Crippen molar-refractivity contribution in [3.8, 4) is 5.75 Å². The zero-order chi connectivity index (χ0) is 15.5. The molecule has 2 N–H and O–H groups in total. The molecule has 0 aliphatic heterocycles. The molecule has 0 atom stereocenters. The predicted octanol–water partition coefficient (Wildman–Crippen LogP) is 2.64. The fraction of sp³-hybridized carbons (Fsp3) is 0.214. The number of benzene rings is 1. The van der Waals surface area contributed by atoms with Crippen LogP contribution in [0.3, 0.4) is 0 Å². The van der Waals surface area contributed by atoms with Crippen molar-refractivity contribution in [2.24, 2.45) is 0 Å². The summed E-state index contributed by atoms with van der Waals surface area (Å²) >= 11 is 1.30. The first-order chi connectivity index (χ1) is 9.88. The summed E-state index contributed by atoms with van der Waals surface area (Å²) < 4.78 is 5.60. The lowest BCUT2D eigenvalue weighted by atomic mass is 10.1. The van der Waals surface area contributed by atoms with Crippen LogP contribution in [0.15, 0.2) is 35.8 Å². The topological polar surface area (TPSA) is 88.5 Å². The number of rotatable bonds is 5. The van der Waals surface area contributed by atoms with Crippen LogP contribution in [-0.4, -0.2) is 27.6 Å². The maximum Gasteiger partial charge on any atom is 0.335 e. The van der Waals surface area contributed by atoms with Gasteiger partial charge in [-0.25, -0.2) is 9.78 Å². The van der Waals surface area contributed by atoms with Crippen molar-refractivity contribution < 1.29 is 19.4 Å². The number of anilines is 1. The number of aromatic carboxylic acids is 1. The van der Waals surface area contributed by atoms with E-state index in [0.29, 0.717) is 10.9 Å². The van der Waals surface area contributed by atoms with Crippen molar-refractivity contribution in [1.82, 2.24) is 4.98 Å². The molecule has 7 heteroatoms. The molecule has 2 rings (SSSR count). The van der Waals surface area contributed by atoms with E-state index in [1.807, 2.05) is 0 Å². The predicted molar refractivity (Wildman–Crippen MR) is 78.9 cm³/mol. The molecule has 2 aromatic rings. The van der Waals surface area contributed by atoms with Crippen molar-refractivity contribution in [2.45, 2.75) is 19.4 Å². The lowest BCUT2D eigenvalue weighted by Crippen LogP contribution is -2.42. The summed E-state index contributed by atoms with van der Waals surface area (Å²) in [5, 5.41) is 13.8. The zero-order valence-corrected chi connectivity index (χ0v) is 12.3. The molecular weight excluding hydrogens is 292 g/mol. The third-order valence-electron chi connectivity index (χ3n) is 2.65. The minimum atomic E-state index is -1.16. The van der Waals surface area contributed by atoms with Gasteiger partial charge in [0.2, 0.25) is 0 Å². The minimum Gasteiger partial charge on any atom is -0.478 e. The average Bonchev–Trinajstić information content (AvgIpc) is 2.91. The number of amides is 1. The van der Waals surface area contributed by atoms with Gasteiger partial charge in [0.25, 0.3) is 5.91 Å². The molecule has 0 radical (unpaired) electrons. The largest absolute Gasteiger partial charge is 0.478 e. The van der Waals surface area contributed by atoms with Gasteiger partial charge in [-0.2, -0.15) is 0 Å². The number of thiazole rings is 1. The van der Waals surface area contributed by atoms with Crippen LogP contribution in [0.4, 0.5) is 5.13 Å². The summed E-state index contributed by atoms with van der Waals surface area (Å²) in [5.41, 5.74) is -1.06. The van der Waals surface area contributed by atoms with E-state index in [9.17, 15) is 9.59 Å². The molecule has 110 valence electrons. The zero-order valence-electron chi connectivity index (χ0n) is 11.5. The van der Waals surface area contributed by atoms with Gasteiger partial charge in [-0.05, 0) is 32.0 Å². The number of carboxylic acid groups (broad SMARTS) is 1. The van der Waals surface area contributed by atoms with E-state index in [1.54, 1.807) is 37.6 Å². The number of nitrogens with one attached hydrogen (secondary N) is 1. The number of ether oxygens (including phenoxy) is 1. The first-order valence-electron chi connectivity index (χ1n) is 6.12. The highest BCUT2D eigenvalue weighted by atomic mass is 32.1. The second kappa shape index (κ2) is 5.92. The fourth-order valence-electron chi connectivity index (χ4n) is 1.57. The minimum absolute atomic E-state index is 0.101. The Kier molecular flexibility index (Phi) is 4.23. The second-order valence-corrected chi connectivity index (χ2v) is 5.63. The molecule has 1 amide bonds. The van der Waals surface area contributed by atoms with Crippen LogP contribution in [0.1, 0.15) is 24.2 Å². The Bertz CT molecular complexity index is 653. The SMILES string of the molecule is CC(C)(Oc1cccc(C(=O)O)c1)C(=O)Nc1nccs1. The van der Waals surface area contributed by atoms with Crippen LogP contribution < -0.4 is 10.1 Å². The Morgan fingerprint density at radius 3 is 2.76 bits per heavy atom. The molecule has 6 nitrogen and oxygen atoms in total. The highest BCUT2D eigenvalue weighted by Gasteiger charge is 2.30. The Balaban J connectivity index is 2.11. The number of hydrogen-bond donors (Lipinski definition) is 2. The molecule has 1 heterocycles. The summed E-state index contributed by atoms with van der Waals surface area (Å²) in [5.74, 6) is -1.10. The average molecular weight is 306 g/mol. The van der Waals surface area contributed by atoms with Gasteiger partial charge in [0.1, 0.15) is 5.75 Å². The summed E-state index contributed by atoms with van der Waals surface area (Å²) in [6, 6.07) is 6.00. The number of aromatic nitrogens is 1. The van der Waals surface area contributed by atoms with Crippen molar-refractivity contribution in [1.29, 1.82) is 0 Å². The molecule has 0 spiro atoms. The van der Waals surface area contributed by atoms with E-state index in [4.69, 9.17) is 9.84 Å². The van der Waals surface area contributed by atoms with E-state index in [0.717, 1.165) is 0 Å². The van der Waals surface area contributed by atoms with Gasteiger partial charge in [-0.15, -0.1) is 11.3 Å². The molecule has 21 heavy (non-hydrogen) atoms. The third kappa shape index (κ3) is 3.79. The van der Waals surface area contributed by atoms with Gasteiger partial charge in [0, 0.05) is 11.6 Å². The highest BCUT2D eigenvalue weighted by molar-refractivity contribution is 7.13. The summed E-state index contributed by atoms with van der Waals surface area (Å²) in [6.45, 7) is 3.20. The Hall–Kier alpha value is -2.41. The number of carbonyl (C=O) groups excluding carboxylic acids is 1. The standard InChI is InChI=1S/C14H14N2O4S/c1-14(2,12(19)16-13-15-6-7-21-13)20-10-5-3-4-9(8-10)11(17)18/h3-8H,1-2H3,(H,17,18)(H,15,16,19). The van der Waals surface area contributed by atoms with Gasteiger partial charge in [0.05, 0.1) is 5.56 Å². The molecule has 0 saturated heterocycles. The molecule has 0 aliphatic rings. The molecule has 0 saturated carbocycles. The van der Waals surface area contributed by atoms with E-state index < -0.39 is 11.6 Å². The van der Waals surface area contributed by atoms with Crippen LogP contribution in [0.25, 0.3) is 0 Å². The van der Waals surface area contributed by atoms with E-state index in [2.05, 4.69) is 10.3 Å². The fourth-order valence-corrected chi connectivity index (χ4v) is 2.09. The molecule has 1 aromatic carbocycles.